The minimum atomic E-state index is -0.706. The Balaban J connectivity index is 1.46. The standard InChI is InChI=1S/C23H21ClN2O3/c1-17(23(27)26-25-15-19-8-5-9-20(24)14-19)29-22-12-10-21(11-13-22)28-16-18-6-3-2-4-7-18/h2-15,17H,16H2,1H3,(H,26,27). The summed E-state index contributed by atoms with van der Waals surface area (Å²) >= 11 is 5.91. The minimum absolute atomic E-state index is 0.354. The zero-order valence-corrected chi connectivity index (χ0v) is 16.7. The molecule has 1 unspecified atom stereocenters. The Morgan fingerprint density at radius 2 is 1.76 bits per heavy atom. The smallest absolute Gasteiger partial charge is 0.280 e. The fourth-order valence-electron chi connectivity index (χ4n) is 2.46. The Bertz CT molecular complexity index is 959. The minimum Gasteiger partial charge on any atom is -0.489 e. The highest BCUT2D eigenvalue weighted by Gasteiger charge is 2.13. The van der Waals surface area contributed by atoms with Crippen molar-refractivity contribution in [2.24, 2.45) is 5.10 Å². The van der Waals surface area contributed by atoms with Crippen LogP contribution in [-0.2, 0) is 11.4 Å². The van der Waals surface area contributed by atoms with Gasteiger partial charge >= 0.3 is 0 Å². The molecule has 3 rings (SSSR count). The SMILES string of the molecule is CC(Oc1ccc(OCc2ccccc2)cc1)C(=O)NN=Cc1cccc(Cl)c1. The molecular weight excluding hydrogens is 388 g/mol. The van der Waals surface area contributed by atoms with E-state index < -0.39 is 6.10 Å². The van der Waals surface area contributed by atoms with Crippen LogP contribution >= 0.6 is 11.6 Å². The van der Waals surface area contributed by atoms with Gasteiger partial charge in [0.1, 0.15) is 18.1 Å². The van der Waals surface area contributed by atoms with Crippen LogP contribution in [0.25, 0.3) is 0 Å². The number of hydrogen-bond donors (Lipinski definition) is 1. The van der Waals surface area contributed by atoms with Gasteiger partial charge in [-0.05, 0) is 54.4 Å². The van der Waals surface area contributed by atoms with Gasteiger partial charge in [-0.25, -0.2) is 5.43 Å². The molecule has 1 amide bonds. The molecular formula is C23H21ClN2O3. The Morgan fingerprint density at radius 1 is 1.03 bits per heavy atom. The van der Waals surface area contributed by atoms with Crippen molar-refractivity contribution in [1.29, 1.82) is 0 Å². The number of nitrogens with zero attached hydrogens (tertiary/aromatic N) is 1. The second-order valence-electron chi connectivity index (χ2n) is 6.30. The van der Waals surface area contributed by atoms with Crippen LogP contribution in [0.4, 0.5) is 0 Å². The molecule has 0 saturated heterocycles. The van der Waals surface area contributed by atoms with Crippen LogP contribution in [0.15, 0.2) is 84.0 Å². The predicted octanol–water partition coefficient (Wildman–Crippen LogP) is 4.84. The van der Waals surface area contributed by atoms with E-state index in [1.54, 1.807) is 43.3 Å². The van der Waals surface area contributed by atoms with Crippen molar-refractivity contribution in [2.45, 2.75) is 19.6 Å². The molecule has 0 heterocycles. The molecule has 0 bridgehead atoms. The van der Waals surface area contributed by atoms with Gasteiger partial charge in [0.25, 0.3) is 5.91 Å². The number of hydrazone groups is 1. The summed E-state index contributed by atoms with van der Waals surface area (Å²) in [6.45, 7) is 2.15. The number of carbonyl (C=O) groups excluding carboxylic acids is 1. The molecule has 3 aromatic carbocycles. The summed E-state index contributed by atoms with van der Waals surface area (Å²) in [6.07, 6.45) is 0.817. The summed E-state index contributed by atoms with van der Waals surface area (Å²) in [5.41, 5.74) is 4.34. The Labute approximate surface area is 174 Å². The van der Waals surface area contributed by atoms with E-state index in [1.807, 2.05) is 42.5 Å². The van der Waals surface area contributed by atoms with Crippen molar-refractivity contribution in [3.8, 4) is 11.5 Å². The summed E-state index contributed by atoms with van der Waals surface area (Å²) in [6, 6.07) is 24.2. The first kappa shape index (κ1) is 20.4. The molecule has 6 heteroatoms. The maximum absolute atomic E-state index is 12.1. The molecule has 0 aliphatic heterocycles. The average molecular weight is 409 g/mol. The highest BCUT2D eigenvalue weighted by Crippen LogP contribution is 2.19. The van der Waals surface area contributed by atoms with Gasteiger partial charge < -0.3 is 9.47 Å². The number of hydrogen-bond acceptors (Lipinski definition) is 4. The summed E-state index contributed by atoms with van der Waals surface area (Å²) in [4.78, 5) is 12.1. The van der Waals surface area contributed by atoms with Crippen molar-refractivity contribution in [2.75, 3.05) is 0 Å². The monoisotopic (exact) mass is 408 g/mol. The summed E-state index contributed by atoms with van der Waals surface area (Å²) < 4.78 is 11.4. The molecule has 5 nitrogen and oxygen atoms in total. The van der Waals surface area contributed by atoms with E-state index in [9.17, 15) is 4.79 Å². The van der Waals surface area contributed by atoms with Gasteiger partial charge in [0.15, 0.2) is 6.10 Å². The lowest BCUT2D eigenvalue weighted by Crippen LogP contribution is -2.33. The van der Waals surface area contributed by atoms with Crippen LogP contribution in [0.3, 0.4) is 0 Å². The molecule has 29 heavy (non-hydrogen) atoms. The molecule has 0 radical (unpaired) electrons. The van der Waals surface area contributed by atoms with E-state index in [-0.39, 0.29) is 5.91 Å². The first-order valence-electron chi connectivity index (χ1n) is 9.12. The molecule has 0 saturated carbocycles. The Kier molecular flexibility index (Phi) is 7.25. The first-order chi connectivity index (χ1) is 14.1. The van der Waals surface area contributed by atoms with Crippen molar-refractivity contribution in [3.63, 3.8) is 0 Å². The highest BCUT2D eigenvalue weighted by molar-refractivity contribution is 6.30. The van der Waals surface area contributed by atoms with Crippen molar-refractivity contribution in [3.05, 3.63) is 95.0 Å². The normalized spacial score (nSPS) is 11.8. The second kappa shape index (κ2) is 10.3. The number of benzene rings is 3. The molecule has 0 spiro atoms. The fourth-order valence-corrected chi connectivity index (χ4v) is 2.66. The maximum atomic E-state index is 12.1. The summed E-state index contributed by atoms with van der Waals surface area (Å²) in [5, 5.41) is 4.53. The van der Waals surface area contributed by atoms with Crippen LogP contribution < -0.4 is 14.9 Å². The van der Waals surface area contributed by atoms with Crippen LogP contribution in [0.5, 0.6) is 11.5 Å². The molecule has 1 N–H and O–H groups in total. The maximum Gasteiger partial charge on any atom is 0.280 e. The lowest BCUT2D eigenvalue weighted by atomic mass is 10.2. The zero-order chi connectivity index (χ0) is 20.5. The van der Waals surface area contributed by atoms with Gasteiger partial charge in [-0.2, -0.15) is 5.10 Å². The van der Waals surface area contributed by atoms with Gasteiger partial charge in [-0.15, -0.1) is 0 Å². The fraction of sp³-hybridized carbons (Fsp3) is 0.130. The van der Waals surface area contributed by atoms with Crippen molar-refractivity contribution < 1.29 is 14.3 Å². The van der Waals surface area contributed by atoms with Crippen molar-refractivity contribution in [1.82, 2.24) is 5.43 Å². The number of rotatable bonds is 8. The first-order valence-corrected chi connectivity index (χ1v) is 9.50. The van der Waals surface area contributed by atoms with E-state index in [4.69, 9.17) is 21.1 Å². The quantitative estimate of drug-likeness (QED) is 0.428. The second-order valence-corrected chi connectivity index (χ2v) is 6.73. The van der Waals surface area contributed by atoms with Gasteiger partial charge in [0.2, 0.25) is 0 Å². The molecule has 1 atom stereocenters. The van der Waals surface area contributed by atoms with E-state index in [0.29, 0.717) is 17.4 Å². The third kappa shape index (κ3) is 6.66. The third-order valence-corrected chi connectivity index (χ3v) is 4.23. The van der Waals surface area contributed by atoms with Crippen LogP contribution in [0.1, 0.15) is 18.1 Å². The number of halogens is 1. The van der Waals surface area contributed by atoms with Gasteiger partial charge in [-0.3, -0.25) is 4.79 Å². The highest BCUT2D eigenvalue weighted by atomic mass is 35.5. The third-order valence-electron chi connectivity index (χ3n) is 3.99. The van der Waals surface area contributed by atoms with Gasteiger partial charge in [0.05, 0.1) is 6.21 Å². The molecule has 0 aliphatic rings. The number of carbonyl (C=O) groups is 1. The van der Waals surface area contributed by atoms with Gasteiger partial charge in [0, 0.05) is 5.02 Å². The molecule has 0 fully saturated rings. The van der Waals surface area contributed by atoms with Crippen molar-refractivity contribution >= 4 is 23.7 Å². The molecule has 3 aromatic rings. The van der Waals surface area contributed by atoms with Crippen LogP contribution in [0, 0.1) is 0 Å². The number of ether oxygens (including phenoxy) is 2. The Morgan fingerprint density at radius 3 is 2.48 bits per heavy atom. The van der Waals surface area contributed by atoms with E-state index in [1.165, 1.54) is 6.21 Å². The number of nitrogens with one attached hydrogen (secondary N) is 1. The molecule has 0 aromatic heterocycles. The van der Waals surface area contributed by atoms with E-state index in [2.05, 4.69) is 10.5 Å². The lowest BCUT2D eigenvalue weighted by molar-refractivity contribution is -0.127. The molecule has 148 valence electrons. The largest absolute Gasteiger partial charge is 0.489 e. The lowest BCUT2D eigenvalue weighted by Gasteiger charge is -2.13. The summed E-state index contributed by atoms with van der Waals surface area (Å²) in [7, 11) is 0. The zero-order valence-electron chi connectivity index (χ0n) is 15.9. The van der Waals surface area contributed by atoms with Crippen LogP contribution in [0.2, 0.25) is 5.02 Å². The average Bonchev–Trinajstić information content (AvgIpc) is 2.74. The topological polar surface area (TPSA) is 59.9 Å². The van der Waals surface area contributed by atoms with Gasteiger partial charge in [-0.1, -0.05) is 54.1 Å². The number of amides is 1. The molecule has 0 aliphatic carbocycles. The Hall–Kier alpha value is -3.31. The predicted molar refractivity (Wildman–Crippen MR) is 114 cm³/mol. The van der Waals surface area contributed by atoms with Crippen LogP contribution in [-0.4, -0.2) is 18.2 Å². The summed E-state index contributed by atoms with van der Waals surface area (Å²) in [5.74, 6) is 0.940. The van der Waals surface area contributed by atoms with E-state index >= 15 is 0 Å². The van der Waals surface area contributed by atoms with E-state index in [0.717, 1.165) is 16.9 Å².